The molecule has 5 N–H and O–H groups in total. The smallest absolute Gasteiger partial charge is 0.134 e. The average Bonchev–Trinajstić information content (AvgIpc) is 1.93. The topological polar surface area (TPSA) is 95.9 Å². The molecular formula is C5H11NO4. The van der Waals surface area contributed by atoms with Gasteiger partial charge in [0, 0.05) is 0 Å². The maximum atomic E-state index is 8.96. The maximum absolute atomic E-state index is 8.96. The van der Waals surface area contributed by atoms with Gasteiger partial charge in [-0.3, -0.25) is 0 Å². The summed E-state index contributed by atoms with van der Waals surface area (Å²) in [5, 5.41) is 26.8. The second-order valence-corrected chi connectivity index (χ2v) is 2.35. The second-order valence-electron chi connectivity index (χ2n) is 2.35. The second kappa shape index (κ2) is 2.81. The molecule has 1 aliphatic rings. The molecule has 5 heteroatoms. The molecule has 0 bridgehead atoms. The Morgan fingerprint density at radius 3 is 2.30 bits per heavy atom. The lowest BCUT2D eigenvalue weighted by Gasteiger charge is -2.32. The van der Waals surface area contributed by atoms with Crippen molar-refractivity contribution in [1.29, 1.82) is 0 Å². The summed E-state index contributed by atoms with van der Waals surface area (Å²) in [6.07, 6.45) is -4.30. The molecule has 0 saturated carbocycles. The van der Waals surface area contributed by atoms with Gasteiger partial charge < -0.3 is 25.8 Å². The lowest BCUT2D eigenvalue weighted by molar-refractivity contribution is -0.184. The van der Waals surface area contributed by atoms with Gasteiger partial charge in [-0.05, 0) is 0 Å². The summed E-state index contributed by atoms with van der Waals surface area (Å²) in [7, 11) is 0. The summed E-state index contributed by atoms with van der Waals surface area (Å²) in [5.41, 5.74) is 5.19. The number of ether oxygens (including phenoxy) is 1. The van der Waals surface area contributed by atoms with Crippen LogP contribution in [0.1, 0.15) is 0 Å². The molecule has 0 aliphatic carbocycles. The van der Waals surface area contributed by atoms with Crippen LogP contribution in [-0.2, 0) is 4.74 Å². The molecule has 0 aromatic rings. The summed E-state index contributed by atoms with van der Waals surface area (Å²) in [6, 6.07) is 0. The van der Waals surface area contributed by atoms with Crippen LogP contribution in [0.25, 0.3) is 0 Å². The van der Waals surface area contributed by atoms with Gasteiger partial charge in [-0.2, -0.15) is 0 Å². The van der Waals surface area contributed by atoms with Crippen LogP contribution < -0.4 is 5.73 Å². The van der Waals surface area contributed by atoms with Crippen LogP contribution in [0, 0.1) is 0 Å². The summed E-state index contributed by atoms with van der Waals surface area (Å²) >= 11 is 0. The third-order valence-corrected chi connectivity index (χ3v) is 1.54. The molecule has 1 saturated heterocycles. The molecule has 10 heavy (non-hydrogen) atoms. The van der Waals surface area contributed by atoms with Crippen LogP contribution in [0.4, 0.5) is 0 Å². The highest BCUT2D eigenvalue weighted by molar-refractivity contribution is 4.83. The fourth-order valence-corrected chi connectivity index (χ4v) is 0.829. The molecule has 4 atom stereocenters. The van der Waals surface area contributed by atoms with E-state index in [9.17, 15) is 0 Å². The monoisotopic (exact) mass is 149 g/mol. The van der Waals surface area contributed by atoms with Crippen LogP contribution in [0.5, 0.6) is 0 Å². The number of aliphatic hydroxyl groups excluding tert-OH is 3. The molecule has 0 amide bonds. The Kier molecular flexibility index (Phi) is 2.22. The third-order valence-electron chi connectivity index (χ3n) is 1.54. The van der Waals surface area contributed by atoms with Crippen molar-refractivity contribution >= 4 is 0 Å². The Hall–Kier alpha value is -0.200. The Balaban J connectivity index is 2.52. The van der Waals surface area contributed by atoms with Crippen molar-refractivity contribution in [3.63, 3.8) is 0 Å². The van der Waals surface area contributed by atoms with Crippen molar-refractivity contribution in [2.75, 3.05) is 6.61 Å². The number of nitrogens with two attached hydrogens (primary N) is 1. The predicted octanol–water partition coefficient (Wildman–Crippen LogP) is -2.62. The Labute approximate surface area is 58.0 Å². The third kappa shape index (κ3) is 1.28. The van der Waals surface area contributed by atoms with Gasteiger partial charge >= 0.3 is 0 Å². The maximum Gasteiger partial charge on any atom is 0.134 e. The van der Waals surface area contributed by atoms with Gasteiger partial charge in [-0.25, -0.2) is 0 Å². The first-order chi connectivity index (χ1) is 4.63. The van der Waals surface area contributed by atoms with E-state index >= 15 is 0 Å². The highest BCUT2D eigenvalue weighted by atomic mass is 16.5. The van der Waals surface area contributed by atoms with Gasteiger partial charge in [-0.15, -0.1) is 0 Å². The lowest BCUT2D eigenvalue weighted by Crippen LogP contribution is -2.56. The van der Waals surface area contributed by atoms with Crippen molar-refractivity contribution in [1.82, 2.24) is 0 Å². The van der Waals surface area contributed by atoms with Crippen LogP contribution in [0.2, 0.25) is 0 Å². The quantitative estimate of drug-likeness (QED) is 0.302. The number of rotatable bonds is 0. The SMILES string of the molecule is NC1OC[C@@H](O)[C@H](O)[C@@H]1O. The minimum absolute atomic E-state index is 0.0284. The summed E-state index contributed by atoms with van der Waals surface area (Å²) in [5.74, 6) is 0. The van der Waals surface area contributed by atoms with E-state index in [1.165, 1.54) is 0 Å². The average molecular weight is 149 g/mol. The molecule has 1 aliphatic heterocycles. The summed E-state index contributed by atoms with van der Waals surface area (Å²) < 4.78 is 4.69. The standard InChI is InChI=1S/C5H11NO4/c6-5-4(9)3(8)2(7)1-10-5/h2-5,7-9H,1,6H2/t2-,3+,4+,5?/m1/s1. The van der Waals surface area contributed by atoms with Gasteiger partial charge in [0.15, 0.2) is 0 Å². The largest absolute Gasteiger partial charge is 0.388 e. The minimum atomic E-state index is -1.19. The highest BCUT2D eigenvalue weighted by Crippen LogP contribution is 2.11. The Morgan fingerprint density at radius 1 is 1.20 bits per heavy atom. The van der Waals surface area contributed by atoms with Crippen molar-refractivity contribution in [2.45, 2.75) is 24.5 Å². The van der Waals surface area contributed by atoms with E-state index in [0.717, 1.165) is 0 Å². The first-order valence-electron chi connectivity index (χ1n) is 3.04. The normalized spacial score (nSPS) is 49.2. The summed E-state index contributed by atoms with van der Waals surface area (Å²) in [6.45, 7) is -0.0284. The highest BCUT2D eigenvalue weighted by Gasteiger charge is 2.35. The number of aliphatic hydroxyl groups is 3. The molecular weight excluding hydrogens is 138 g/mol. The van der Waals surface area contributed by atoms with Crippen molar-refractivity contribution in [3.05, 3.63) is 0 Å². The molecule has 5 nitrogen and oxygen atoms in total. The predicted molar refractivity (Wildman–Crippen MR) is 31.9 cm³/mol. The van der Waals surface area contributed by atoms with E-state index in [2.05, 4.69) is 0 Å². The van der Waals surface area contributed by atoms with E-state index in [0.29, 0.717) is 0 Å². The van der Waals surface area contributed by atoms with Gasteiger partial charge in [0.1, 0.15) is 24.5 Å². The van der Waals surface area contributed by atoms with E-state index in [1.807, 2.05) is 0 Å². The molecule has 0 spiro atoms. The zero-order valence-corrected chi connectivity index (χ0v) is 5.34. The lowest BCUT2D eigenvalue weighted by atomic mass is 10.1. The zero-order valence-electron chi connectivity index (χ0n) is 5.34. The first-order valence-corrected chi connectivity index (χ1v) is 3.04. The Morgan fingerprint density at radius 2 is 1.80 bits per heavy atom. The molecule has 0 aromatic heterocycles. The summed E-state index contributed by atoms with van der Waals surface area (Å²) in [4.78, 5) is 0. The van der Waals surface area contributed by atoms with E-state index in [1.54, 1.807) is 0 Å². The molecule has 1 rings (SSSR count). The van der Waals surface area contributed by atoms with Gasteiger partial charge in [-0.1, -0.05) is 0 Å². The van der Waals surface area contributed by atoms with Crippen molar-refractivity contribution < 1.29 is 20.1 Å². The van der Waals surface area contributed by atoms with Crippen LogP contribution in [-0.4, -0.2) is 46.5 Å². The van der Waals surface area contributed by atoms with Crippen LogP contribution >= 0.6 is 0 Å². The van der Waals surface area contributed by atoms with E-state index in [4.69, 9.17) is 25.8 Å². The van der Waals surface area contributed by atoms with Crippen molar-refractivity contribution in [2.24, 2.45) is 5.73 Å². The number of hydrogen-bond donors (Lipinski definition) is 4. The van der Waals surface area contributed by atoms with Gasteiger partial charge in [0.2, 0.25) is 0 Å². The number of hydrogen-bond acceptors (Lipinski definition) is 5. The zero-order chi connectivity index (χ0) is 7.72. The van der Waals surface area contributed by atoms with Gasteiger partial charge in [0.05, 0.1) is 6.61 Å². The molecule has 0 aromatic carbocycles. The fourth-order valence-electron chi connectivity index (χ4n) is 0.829. The molecule has 0 radical (unpaired) electrons. The molecule has 1 unspecified atom stereocenters. The molecule has 60 valence electrons. The van der Waals surface area contributed by atoms with E-state index in [-0.39, 0.29) is 6.61 Å². The molecule has 1 fully saturated rings. The first kappa shape index (κ1) is 7.90. The minimum Gasteiger partial charge on any atom is -0.388 e. The van der Waals surface area contributed by atoms with Crippen molar-refractivity contribution in [3.8, 4) is 0 Å². The van der Waals surface area contributed by atoms with Crippen LogP contribution in [0.3, 0.4) is 0 Å². The van der Waals surface area contributed by atoms with Gasteiger partial charge in [0.25, 0.3) is 0 Å². The van der Waals surface area contributed by atoms with Crippen LogP contribution in [0.15, 0.2) is 0 Å². The molecule has 1 heterocycles. The Bertz CT molecular complexity index is 106. The van der Waals surface area contributed by atoms with E-state index < -0.39 is 24.5 Å². The fraction of sp³-hybridized carbons (Fsp3) is 1.00.